The van der Waals surface area contributed by atoms with Crippen LogP contribution in [0.1, 0.15) is 54.4 Å². The van der Waals surface area contributed by atoms with E-state index >= 15 is 0 Å². The molecule has 0 aliphatic carbocycles. The van der Waals surface area contributed by atoms with Crippen molar-refractivity contribution in [3.8, 4) is 0 Å². The van der Waals surface area contributed by atoms with Gasteiger partial charge in [-0.05, 0) is 55.9 Å². The van der Waals surface area contributed by atoms with Gasteiger partial charge < -0.3 is 4.74 Å². The minimum Gasteiger partial charge on any atom is -0.462 e. The fraction of sp³-hybridized carbons (Fsp3) is 0.429. The molecule has 0 atom stereocenters. The predicted molar refractivity (Wildman–Crippen MR) is 99.5 cm³/mol. The summed E-state index contributed by atoms with van der Waals surface area (Å²) in [4.78, 5) is 0. The maximum atomic E-state index is 5.92. The van der Waals surface area contributed by atoms with Crippen molar-refractivity contribution in [3.05, 3.63) is 72.3 Å². The Balaban J connectivity index is 5.53. The van der Waals surface area contributed by atoms with Crippen LogP contribution in [-0.2, 0) is 4.74 Å². The Morgan fingerprint density at radius 3 is 2.23 bits per heavy atom. The number of hydrogen-bond donors (Lipinski definition) is 0. The van der Waals surface area contributed by atoms with Gasteiger partial charge in [-0.15, -0.1) is 0 Å². The van der Waals surface area contributed by atoms with Crippen LogP contribution in [0.5, 0.6) is 0 Å². The first-order chi connectivity index (χ1) is 10.3. The maximum Gasteiger partial charge on any atom is 0.129 e. The molecule has 0 bridgehead atoms. The van der Waals surface area contributed by atoms with Gasteiger partial charge in [0.15, 0.2) is 0 Å². The summed E-state index contributed by atoms with van der Waals surface area (Å²) in [6.45, 7) is 20.3. The Morgan fingerprint density at radius 2 is 1.77 bits per heavy atom. The number of hydrogen-bond acceptors (Lipinski definition) is 1. The summed E-state index contributed by atoms with van der Waals surface area (Å²) in [6.07, 6.45) is 14.2. The highest BCUT2D eigenvalue weighted by Gasteiger charge is 2.20. The van der Waals surface area contributed by atoms with Crippen LogP contribution in [0.25, 0.3) is 0 Å². The Hall–Kier alpha value is -1.76. The average Bonchev–Trinajstić information content (AvgIpc) is 2.47. The van der Waals surface area contributed by atoms with Crippen LogP contribution >= 0.6 is 0 Å². The van der Waals surface area contributed by atoms with Crippen LogP contribution in [-0.4, -0.2) is 0 Å². The molecule has 22 heavy (non-hydrogen) atoms. The summed E-state index contributed by atoms with van der Waals surface area (Å²) >= 11 is 0. The Bertz CT molecular complexity index is 496. The zero-order chi connectivity index (χ0) is 17.2. The van der Waals surface area contributed by atoms with Crippen molar-refractivity contribution >= 4 is 0 Å². The van der Waals surface area contributed by atoms with Gasteiger partial charge in [-0.25, -0.2) is 0 Å². The molecule has 0 rings (SSSR count). The van der Waals surface area contributed by atoms with Crippen molar-refractivity contribution in [1.29, 1.82) is 0 Å². The number of allylic oxidation sites excluding steroid dienone is 9. The first-order valence-corrected chi connectivity index (χ1v) is 7.97. The molecule has 0 aliphatic rings. The van der Waals surface area contributed by atoms with Crippen LogP contribution in [0.4, 0.5) is 0 Å². The van der Waals surface area contributed by atoms with Gasteiger partial charge in [-0.2, -0.15) is 0 Å². The third kappa shape index (κ3) is 6.80. The first-order valence-electron chi connectivity index (χ1n) is 7.97. The van der Waals surface area contributed by atoms with Crippen LogP contribution in [0.3, 0.4) is 0 Å². The van der Waals surface area contributed by atoms with Crippen LogP contribution in [0.2, 0.25) is 0 Å². The lowest BCUT2D eigenvalue weighted by Crippen LogP contribution is -2.13. The minimum atomic E-state index is 0.115. The summed E-state index contributed by atoms with van der Waals surface area (Å²) in [5, 5.41) is 0. The minimum absolute atomic E-state index is 0.115. The second-order valence-electron chi connectivity index (χ2n) is 6.09. The van der Waals surface area contributed by atoms with Gasteiger partial charge in [-0.1, -0.05) is 64.7 Å². The van der Waals surface area contributed by atoms with E-state index in [0.717, 1.165) is 29.9 Å². The molecule has 0 amide bonds. The second-order valence-corrected chi connectivity index (χ2v) is 6.09. The molecule has 1 nitrogen and oxygen atoms in total. The lowest BCUT2D eigenvalue weighted by molar-refractivity contribution is 0.316. The quantitative estimate of drug-likeness (QED) is 0.333. The fourth-order valence-corrected chi connectivity index (χ4v) is 2.24. The molecule has 1 heteroatoms. The summed E-state index contributed by atoms with van der Waals surface area (Å²) < 4.78 is 5.92. The van der Waals surface area contributed by atoms with Gasteiger partial charge in [0, 0.05) is 0 Å². The average molecular weight is 300 g/mol. The molecule has 0 aromatic heterocycles. The van der Waals surface area contributed by atoms with Crippen molar-refractivity contribution in [3.63, 3.8) is 0 Å². The largest absolute Gasteiger partial charge is 0.462 e. The lowest BCUT2D eigenvalue weighted by Gasteiger charge is -2.26. The van der Waals surface area contributed by atoms with Crippen LogP contribution < -0.4 is 0 Å². The van der Waals surface area contributed by atoms with Crippen LogP contribution in [0, 0.1) is 5.41 Å². The Kier molecular flexibility index (Phi) is 9.24. The maximum absolute atomic E-state index is 5.92. The molecule has 0 N–H and O–H groups in total. The second kappa shape index (κ2) is 10.0. The van der Waals surface area contributed by atoms with Gasteiger partial charge in [0.25, 0.3) is 0 Å². The summed E-state index contributed by atoms with van der Waals surface area (Å²) in [5.74, 6) is 1.61. The van der Waals surface area contributed by atoms with Gasteiger partial charge in [0.1, 0.15) is 11.5 Å². The van der Waals surface area contributed by atoms with E-state index < -0.39 is 0 Å². The van der Waals surface area contributed by atoms with Crippen molar-refractivity contribution in [2.75, 3.05) is 0 Å². The van der Waals surface area contributed by atoms with Crippen LogP contribution in [0.15, 0.2) is 72.3 Å². The molecule has 0 aromatic carbocycles. The molecule has 0 spiro atoms. The lowest BCUT2D eigenvalue weighted by atomic mass is 9.79. The summed E-state index contributed by atoms with van der Waals surface area (Å²) in [6, 6.07) is 0. The standard InChI is InChI=1S/C21H32O/c1-9-13-14-19(21(7,8)15-10-2)16-18(6)22-20(12-4)17(5)11-3/h9,11-14,16H,3-4,10,15H2,1-2,5-8H3/b13-9+,18-16+,19-14+,20-17+. The van der Waals surface area contributed by atoms with E-state index in [-0.39, 0.29) is 5.41 Å². The van der Waals surface area contributed by atoms with Crippen molar-refractivity contribution in [2.24, 2.45) is 5.41 Å². The molecular weight excluding hydrogens is 268 g/mol. The fourth-order valence-electron chi connectivity index (χ4n) is 2.24. The third-order valence-electron chi connectivity index (χ3n) is 3.63. The molecule has 0 aromatic rings. The van der Waals surface area contributed by atoms with E-state index in [1.165, 1.54) is 5.57 Å². The van der Waals surface area contributed by atoms with Crippen molar-refractivity contribution in [1.82, 2.24) is 0 Å². The third-order valence-corrected chi connectivity index (χ3v) is 3.63. The smallest absolute Gasteiger partial charge is 0.129 e. The summed E-state index contributed by atoms with van der Waals surface area (Å²) in [7, 11) is 0. The molecule has 0 fully saturated rings. The molecule has 0 saturated carbocycles. The van der Waals surface area contributed by atoms with Crippen molar-refractivity contribution in [2.45, 2.75) is 54.4 Å². The predicted octanol–water partition coefficient (Wildman–Crippen LogP) is 6.88. The van der Waals surface area contributed by atoms with E-state index in [2.05, 4.69) is 52.2 Å². The first kappa shape index (κ1) is 20.2. The Morgan fingerprint density at radius 1 is 1.14 bits per heavy atom. The van der Waals surface area contributed by atoms with E-state index in [9.17, 15) is 0 Å². The highest BCUT2D eigenvalue weighted by Crippen LogP contribution is 2.33. The van der Waals surface area contributed by atoms with E-state index in [1.54, 1.807) is 12.2 Å². The number of ether oxygens (including phenoxy) is 1. The molecule has 0 aliphatic heterocycles. The summed E-state index contributed by atoms with van der Waals surface area (Å²) in [5.41, 5.74) is 2.36. The van der Waals surface area contributed by atoms with Gasteiger partial charge >= 0.3 is 0 Å². The van der Waals surface area contributed by atoms with E-state index in [1.807, 2.05) is 26.8 Å². The molecule has 0 radical (unpaired) electrons. The molecule has 122 valence electrons. The normalized spacial score (nSPS) is 14.8. The highest BCUT2D eigenvalue weighted by atomic mass is 16.5. The molecule has 0 heterocycles. The highest BCUT2D eigenvalue weighted by molar-refractivity contribution is 5.32. The molecule has 0 unspecified atom stereocenters. The van der Waals surface area contributed by atoms with E-state index in [4.69, 9.17) is 4.74 Å². The topological polar surface area (TPSA) is 9.23 Å². The zero-order valence-electron chi connectivity index (χ0n) is 15.2. The molecule has 0 saturated heterocycles. The molecular formula is C21H32O. The monoisotopic (exact) mass is 300 g/mol. The number of rotatable bonds is 9. The zero-order valence-corrected chi connectivity index (χ0v) is 15.2. The van der Waals surface area contributed by atoms with Gasteiger partial charge in [0.05, 0.1) is 0 Å². The Labute approximate surface area is 137 Å². The van der Waals surface area contributed by atoms with Crippen molar-refractivity contribution < 1.29 is 4.74 Å². The van der Waals surface area contributed by atoms with Gasteiger partial charge in [0.2, 0.25) is 0 Å². The van der Waals surface area contributed by atoms with E-state index in [0.29, 0.717) is 0 Å². The van der Waals surface area contributed by atoms with Gasteiger partial charge in [-0.3, -0.25) is 0 Å². The SMILES string of the molecule is C=C/C(C)=C(\C=C)O/C(C)=C/C(=C\C=C\C)C(C)(C)CCC.